The van der Waals surface area contributed by atoms with Gasteiger partial charge in [0.2, 0.25) is 5.78 Å². The molecule has 0 unspecified atom stereocenters. The van der Waals surface area contributed by atoms with Crippen LogP contribution in [0.2, 0.25) is 0 Å². The zero-order valence-electron chi connectivity index (χ0n) is 11.2. The van der Waals surface area contributed by atoms with E-state index >= 15 is 0 Å². The molecule has 3 nitrogen and oxygen atoms in total. The van der Waals surface area contributed by atoms with Gasteiger partial charge in [-0.15, -0.1) is 6.58 Å². The Hall–Kier alpha value is -1.61. The van der Waals surface area contributed by atoms with Crippen molar-refractivity contribution in [1.29, 1.82) is 0 Å². The summed E-state index contributed by atoms with van der Waals surface area (Å²) >= 11 is 0. The van der Waals surface area contributed by atoms with Crippen molar-refractivity contribution in [3.8, 4) is 0 Å². The molecule has 0 saturated carbocycles. The van der Waals surface area contributed by atoms with E-state index in [1.807, 2.05) is 13.0 Å². The minimum atomic E-state index is -0.888. The topological polar surface area (TPSA) is 50.4 Å². The summed E-state index contributed by atoms with van der Waals surface area (Å²) in [6.45, 7) is 8.89. The van der Waals surface area contributed by atoms with Crippen molar-refractivity contribution in [3.63, 3.8) is 0 Å². The molecule has 0 aliphatic heterocycles. The lowest BCUT2D eigenvalue weighted by Crippen LogP contribution is -2.19. The second kappa shape index (κ2) is 5.83. The molecule has 1 aromatic heterocycles. The number of aryl methyl sites for hydroxylation is 1. The molecule has 1 atom stereocenters. The van der Waals surface area contributed by atoms with Gasteiger partial charge in [0, 0.05) is 0 Å². The smallest absolute Gasteiger partial charge is 0.223 e. The molecule has 1 rings (SSSR count). The Labute approximate surface area is 108 Å². The molecular formula is C15H20O3. The predicted octanol–water partition coefficient (Wildman–Crippen LogP) is 3.43. The zero-order chi connectivity index (χ0) is 13.8. The van der Waals surface area contributed by atoms with E-state index in [2.05, 4.69) is 6.58 Å². The van der Waals surface area contributed by atoms with Crippen molar-refractivity contribution in [2.24, 2.45) is 0 Å². The van der Waals surface area contributed by atoms with E-state index < -0.39 is 5.60 Å². The molecule has 98 valence electrons. The number of ketones is 1. The van der Waals surface area contributed by atoms with E-state index in [1.54, 1.807) is 26.2 Å². The number of hydrogen-bond donors (Lipinski definition) is 1. The van der Waals surface area contributed by atoms with Crippen LogP contribution in [0.4, 0.5) is 0 Å². The first-order valence-corrected chi connectivity index (χ1v) is 5.98. The molecule has 0 aromatic carbocycles. The Bertz CT molecular complexity index is 464. The number of hydrogen-bond acceptors (Lipinski definition) is 3. The lowest BCUT2D eigenvalue weighted by atomic mass is 9.99. The third-order valence-corrected chi connectivity index (χ3v) is 2.85. The lowest BCUT2D eigenvalue weighted by molar-refractivity contribution is 0.0992. The molecule has 0 aliphatic rings. The number of allylic oxidation sites excluding steroid dienone is 2. The SMILES string of the molecule is C=C[C@](C)(O)CC/C=C(\C)C(=O)c1cc(C)co1. The van der Waals surface area contributed by atoms with Crippen molar-refractivity contribution in [3.05, 3.63) is 48.0 Å². The fourth-order valence-corrected chi connectivity index (χ4v) is 1.52. The van der Waals surface area contributed by atoms with E-state index in [9.17, 15) is 9.90 Å². The summed E-state index contributed by atoms with van der Waals surface area (Å²) in [5.74, 6) is 0.248. The summed E-state index contributed by atoms with van der Waals surface area (Å²) in [5.41, 5.74) is 0.672. The molecule has 3 heteroatoms. The Morgan fingerprint density at radius 1 is 1.61 bits per heavy atom. The van der Waals surface area contributed by atoms with Crippen LogP contribution in [-0.4, -0.2) is 16.5 Å². The van der Waals surface area contributed by atoms with Gasteiger partial charge in [0.1, 0.15) is 0 Å². The maximum atomic E-state index is 11.9. The van der Waals surface area contributed by atoms with Gasteiger partial charge in [-0.05, 0) is 50.8 Å². The number of carbonyl (C=O) groups excluding carboxylic acids is 1. The molecule has 0 spiro atoms. The minimum Gasteiger partial charge on any atom is -0.461 e. The van der Waals surface area contributed by atoms with E-state index in [0.29, 0.717) is 24.2 Å². The highest BCUT2D eigenvalue weighted by molar-refractivity contribution is 6.06. The van der Waals surface area contributed by atoms with Crippen LogP contribution in [0.1, 0.15) is 42.8 Å². The molecule has 0 aliphatic carbocycles. The van der Waals surface area contributed by atoms with Gasteiger partial charge in [-0.2, -0.15) is 0 Å². The van der Waals surface area contributed by atoms with E-state index in [0.717, 1.165) is 5.56 Å². The summed E-state index contributed by atoms with van der Waals surface area (Å²) in [6.07, 6.45) is 6.05. The summed E-state index contributed by atoms with van der Waals surface area (Å²) in [7, 11) is 0. The number of Topliss-reactive ketones (excluding diaryl/α,β-unsaturated/α-hetero) is 1. The van der Waals surface area contributed by atoms with Crippen molar-refractivity contribution < 1.29 is 14.3 Å². The van der Waals surface area contributed by atoms with E-state index in [4.69, 9.17) is 4.42 Å². The van der Waals surface area contributed by atoms with E-state index in [-0.39, 0.29) is 5.78 Å². The Kier molecular flexibility index (Phi) is 4.68. The fourth-order valence-electron chi connectivity index (χ4n) is 1.52. The summed E-state index contributed by atoms with van der Waals surface area (Å²) in [4.78, 5) is 11.9. The quantitative estimate of drug-likeness (QED) is 0.476. The number of aliphatic hydroxyl groups is 1. The number of carbonyl (C=O) groups is 1. The molecule has 0 saturated heterocycles. The standard InChI is InChI=1S/C15H20O3/c1-5-15(4,17)8-6-7-12(3)14(16)13-9-11(2)10-18-13/h5,7,9-10,17H,1,6,8H2,2-4H3/b12-7+/t15-/m0/s1. The normalized spacial score (nSPS) is 15.2. The first-order chi connectivity index (χ1) is 8.35. The lowest BCUT2D eigenvalue weighted by Gasteiger charge is -2.16. The van der Waals surface area contributed by atoms with Gasteiger partial charge >= 0.3 is 0 Å². The van der Waals surface area contributed by atoms with Gasteiger partial charge in [0.15, 0.2) is 5.76 Å². The van der Waals surface area contributed by atoms with Crippen LogP contribution < -0.4 is 0 Å². The molecule has 1 heterocycles. The highest BCUT2D eigenvalue weighted by atomic mass is 16.3. The summed E-state index contributed by atoms with van der Waals surface area (Å²) in [6, 6.07) is 1.72. The summed E-state index contributed by atoms with van der Waals surface area (Å²) in [5, 5.41) is 9.74. The van der Waals surface area contributed by atoms with Crippen LogP contribution in [0, 0.1) is 6.92 Å². The molecular weight excluding hydrogens is 228 g/mol. The highest BCUT2D eigenvalue weighted by Gasteiger charge is 2.15. The van der Waals surface area contributed by atoms with Gasteiger partial charge in [-0.25, -0.2) is 0 Å². The van der Waals surface area contributed by atoms with Crippen molar-refractivity contribution in [2.45, 2.75) is 39.2 Å². The first-order valence-electron chi connectivity index (χ1n) is 5.98. The zero-order valence-corrected chi connectivity index (χ0v) is 11.2. The second-order valence-corrected chi connectivity index (χ2v) is 4.80. The van der Waals surface area contributed by atoms with Crippen LogP contribution in [-0.2, 0) is 0 Å². The van der Waals surface area contributed by atoms with Gasteiger partial charge in [0.05, 0.1) is 11.9 Å². The number of furan rings is 1. The Morgan fingerprint density at radius 3 is 2.78 bits per heavy atom. The van der Waals surface area contributed by atoms with Crippen LogP contribution >= 0.6 is 0 Å². The number of rotatable bonds is 6. The molecule has 0 radical (unpaired) electrons. The van der Waals surface area contributed by atoms with Crippen molar-refractivity contribution in [2.75, 3.05) is 0 Å². The van der Waals surface area contributed by atoms with Crippen LogP contribution in [0.15, 0.2) is 41.1 Å². The van der Waals surface area contributed by atoms with Crippen molar-refractivity contribution >= 4 is 5.78 Å². The molecule has 0 fully saturated rings. The molecule has 0 amide bonds. The minimum absolute atomic E-state index is 0.110. The molecule has 1 aromatic rings. The monoisotopic (exact) mass is 248 g/mol. The first kappa shape index (κ1) is 14.5. The second-order valence-electron chi connectivity index (χ2n) is 4.80. The highest BCUT2D eigenvalue weighted by Crippen LogP contribution is 2.16. The maximum absolute atomic E-state index is 11.9. The van der Waals surface area contributed by atoms with E-state index in [1.165, 1.54) is 6.08 Å². The largest absolute Gasteiger partial charge is 0.461 e. The third kappa shape index (κ3) is 4.00. The van der Waals surface area contributed by atoms with Gasteiger partial charge in [0.25, 0.3) is 0 Å². The Balaban J connectivity index is 2.62. The molecule has 0 bridgehead atoms. The van der Waals surface area contributed by atoms with Crippen LogP contribution in [0.5, 0.6) is 0 Å². The average molecular weight is 248 g/mol. The maximum Gasteiger partial charge on any atom is 0.223 e. The summed E-state index contributed by atoms with van der Waals surface area (Å²) < 4.78 is 5.16. The molecule has 18 heavy (non-hydrogen) atoms. The van der Waals surface area contributed by atoms with Crippen molar-refractivity contribution in [1.82, 2.24) is 0 Å². The third-order valence-electron chi connectivity index (χ3n) is 2.85. The average Bonchev–Trinajstić information content (AvgIpc) is 2.74. The fraction of sp³-hybridized carbons (Fsp3) is 0.400. The van der Waals surface area contributed by atoms with Gasteiger partial charge in [-0.1, -0.05) is 12.2 Å². The van der Waals surface area contributed by atoms with Gasteiger partial charge < -0.3 is 9.52 Å². The van der Waals surface area contributed by atoms with Crippen LogP contribution in [0.25, 0.3) is 0 Å². The molecule has 1 N–H and O–H groups in total. The predicted molar refractivity (Wildman–Crippen MR) is 71.6 cm³/mol. The Morgan fingerprint density at radius 2 is 2.28 bits per heavy atom. The van der Waals surface area contributed by atoms with Crippen LogP contribution in [0.3, 0.4) is 0 Å². The van der Waals surface area contributed by atoms with Gasteiger partial charge in [-0.3, -0.25) is 4.79 Å².